The van der Waals surface area contributed by atoms with E-state index in [2.05, 4.69) is 4.98 Å². The first-order valence-electron chi connectivity index (χ1n) is 8.94. The topological polar surface area (TPSA) is 65.5 Å². The first-order chi connectivity index (χ1) is 14.0. The Balaban J connectivity index is 1.53. The third-order valence-electron chi connectivity index (χ3n) is 4.40. The molecule has 2 heterocycles. The smallest absolute Gasteiger partial charge is 0.315 e. The summed E-state index contributed by atoms with van der Waals surface area (Å²) in [6.07, 6.45) is 3.34. The Morgan fingerprint density at radius 2 is 1.97 bits per heavy atom. The van der Waals surface area contributed by atoms with Crippen LogP contribution in [0.15, 0.2) is 66.6 Å². The number of aryl methyl sites for hydroxylation is 1. The summed E-state index contributed by atoms with van der Waals surface area (Å²) >= 11 is 5.86. The van der Waals surface area contributed by atoms with E-state index in [1.54, 1.807) is 67.7 Å². The van der Waals surface area contributed by atoms with Gasteiger partial charge < -0.3 is 9.47 Å². The van der Waals surface area contributed by atoms with Gasteiger partial charge in [0.05, 0.1) is 17.7 Å². The van der Waals surface area contributed by atoms with Crippen molar-refractivity contribution < 1.29 is 19.1 Å². The minimum absolute atomic E-state index is 0.109. The normalized spacial score (nSPS) is 13.9. The number of fused-ring (bicyclic) bond motifs is 1. The lowest BCUT2D eigenvalue weighted by atomic mass is 10.0. The highest BCUT2D eigenvalue weighted by Gasteiger charge is 2.30. The van der Waals surface area contributed by atoms with Crippen molar-refractivity contribution in [3.05, 3.63) is 94.0 Å². The third-order valence-corrected chi connectivity index (χ3v) is 4.66. The molecular formula is C23H16ClNO4. The van der Waals surface area contributed by atoms with Crippen LogP contribution in [0.25, 0.3) is 6.08 Å². The summed E-state index contributed by atoms with van der Waals surface area (Å²) < 4.78 is 11.2. The number of Topliss-reactive ketones (excluding diaryl/α,β-unsaturated/α-hetero) is 1. The third kappa shape index (κ3) is 4.20. The maximum Gasteiger partial charge on any atom is 0.315 e. The second kappa shape index (κ2) is 7.89. The number of rotatable bonds is 4. The summed E-state index contributed by atoms with van der Waals surface area (Å²) in [6, 6.07) is 15.6. The van der Waals surface area contributed by atoms with Crippen LogP contribution in [-0.4, -0.2) is 16.7 Å². The monoisotopic (exact) mass is 405 g/mol. The van der Waals surface area contributed by atoms with E-state index >= 15 is 0 Å². The first-order valence-corrected chi connectivity index (χ1v) is 9.32. The van der Waals surface area contributed by atoms with Crippen LogP contribution in [0.2, 0.25) is 5.02 Å². The number of pyridine rings is 1. The Labute approximate surface area is 172 Å². The molecule has 0 fully saturated rings. The second-order valence-corrected chi connectivity index (χ2v) is 7.02. The number of esters is 1. The number of hydrogen-bond acceptors (Lipinski definition) is 5. The van der Waals surface area contributed by atoms with Crippen LogP contribution in [0.4, 0.5) is 0 Å². The van der Waals surface area contributed by atoms with Gasteiger partial charge in [0.15, 0.2) is 5.76 Å². The molecule has 0 atom stereocenters. The fraction of sp³-hybridized carbons (Fsp3) is 0.0870. The van der Waals surface area contributed by atoms with E-state index < -0.39 is 5.97 Å². The van der Waals surface area contributed by atoms with Crippen molar-refractivity contribution in [3.63, 3.8) is 0 Å². The molecule has 0 radical (unpaired) electrons. The van der Waals surface area contributed by atoms with Gasteiger partial charge in [-0.1, -0.05) is 29.8 Å². The predicted molar refractivity (Wildman–Crippen MR) is 109 cm³/mol. The number of halogens is 1. The average Bonchev–Trinajstić information content (AvgIpc) is 3.00. The van der Waals surface area contributed by atoms with Gasteiger partial charge in [-0.05, 0) is 48.4 Å². The summed E-state index contributed by atoms with van der Waals surface area (Å²) in [5.74, 6) is 0.243. The van der Waals surface area contributed by atoms with Gasteiger partial charge >= 0.3 is 5.97 Å². The molecule has 0 amide bonds. The summed E-state index contributed by atoms with van der Waals surface area (Å²) in [5, 5.41) is 0.604. The molecule has 0 saturated heterocycles. The fourth-order valence-electron chi connectivity index (χ4n) is 3.07. The van der Waals surface area contributed by atoms with E-state index in [0.717, 1.165) is 5.56 Å². The van der Waals surface area contributed by atoms with Crippen LogP contribution in [0.3, 0.4) is 0 Å². The molecule has 3 aromatic rings. The van der Waals surface area contributed by atoms with E-state index in [9.17, 15) is 9.59 Å². The molecule has 0 aliphatic carbocycles. The molecule has 4 rings (SSSR count). The van der Waals surface area contributed by atoms with Gasteiger partial charge in [0.25, 0.3) is 0 Å². The van der Waals surface area contributed by atoms with Gasteiger partial charge in [-0.15, -0.1) is 0 Å². The molecule has 0 spiro atoms. The quantitative estimate of drug-likeness (QED) is 0.354. The standard InChI is InChI=1S/C23H16ClNO4/c1-14-10-18(28-21(26)11-15-5-7-16(24)8-6-15)13-19-22(14)23(27)20(29-19)12-17-4-2-3-9-25-17/h2-10,12-13H,11H2,1H3/b20-12-. The summed E-state index contributed by atoms with van der Waals surface area (Å²) in [6.45, 7) is 1.78. The van der Waals surface area contributed by atoms with E-state index in [4.69, 9.17) is 21.1 Å². The lowest BCUT2D eigenvalue weighted by molar-refractivity contribution is -0.133. The Morgan fingerprint density at radius 1 is 1.17 bits per heavy atom. The van der Waals surface area contributed by atoms with Crippen molar-refractivity contribution in [2.24, 2.45) is 0 Å². The SMILES string of the molecule is Cc1cc(OC(=O)Cc2ccc(Cl)cc2)cc2c1C(=O)/C(=C/c1ccccn1)O2. The molecule has 0 unspecified atom stereocenters. The van der Waals surface area contributed by atoms with Crippen molar-refractivity contribution in [3.8, 4) is 11.5 Å². The van der Waals surface area contributed by atoms with Crippen molar-refractivity contribution in [2.45, 2.75) is 13.3 Å². The number of ketones is 1. The maximum atomic E-state index is 12.7. The fourth-order valence-corrected chi connectivity index (χ4v) is 3.19. The number of carbonyl (C=O) groups excluding carboxylic acids is 2. The minimum Gasteiger partial charge on any atom is -0.452 e. The number of carbonyl (C=O) groups is 2. The van der Waals surface area contributed by atoms with E-state index in [1.807, 2.05) is 6.07 Å². The predicted octanol–water partition coefficient (Wildman–Crippen LogP) is 4.81. The Morgan fingerprint density at radius 3 is 2.69 bits per heavy atom. The van der Waals surface area contributed by atoms with E-state index in [0.29, 0.717) is 33.3 Å². The molecule has 1 aromatic heterocycles. The van der Waals surface area contributed by atoms with E-state index in [-0.39, 0.29) is 18.0 Å². The van der Waals surface area contributed by atoms with Crippen molar-refractivity contribution >= 4 is 29.4 Å². The number of allylic oxidation sites excluding steroid dienone is 1. The molecule has 0 saturated carbocycles. The Bertz CT molecular complexity index is 1120. The Hall–Kier alpha value is -3.44. The number of nitrogens with zero attached hydrogens (tertiary/aromatic N) is 1. The molecule has 2 aromatic carbocycles. The first kappa shape index (κ1) is 18.9. The lowest BCUT2D eigenvalue weighted by Gasteiger charge is -2.08. The molecule has 144 valence electrons. The van der Waals surface area contributed by atoms with Gasteiger partial charge in [0.2, 0.25) is 5.78 Å². The maximum absolute atomic E-state index is 12.7. The molecular weight excluding hydrogens is 390 g/mol. The van der Waals surface area contributed by atoms with Crippen LogP contribution in [0.1, 0.15) is 27.2 Å². The summed E-state index contributed by atoms with van der Waals surface area (Å²) in [4.78, 5) is 29.1. The molecule has 1 aliphatic heterocycles. The highest BCUT2D eigenvalue weighted by Crippen LogP contribution is 2.37. The van der Waals surface area contributed by atoms with Crippen LogP contribution in [0.5, 0.6) is 11.5 Å². The van der Waals surface area contributed by atoms with E-state index in [1.165, 1.54) is 0 Å². The molecule has 6 heteroatoms. The minimum atomic E-state index is -0.416. The molecule has 0 N–H and O–H groups in total. The highest BCUT2D eigenvalue weighted by molar-refractivity contribution is 6.30. The van der Waals surface area contributed by atoms with Crippen molar-refractivity contribution in [1.82, 2.24) is 4.98 Å². The largest absolute Gasteiger partial charge is 0.452 e. The number of benzene rings is 2. The number of aromatic nitrogens is 1. The van der Waals surface area contributed by atoms with Crippen LogP contribution in [-0.2, 0) is 11.2 Å². The van der Waals surface area contributed by atoms with Crippen molar-refractivity contribution in [1.29, 1.82) is 0 Å². The van der Waals surface area contributed by atoms with Crippen molar-refractivity contribution in [2.75, 3.05) is 0 Å². The van der Waals surface area contributed by atoms with Gasteiger partial charge in [-0.25, -0.2) is 0 Å². The molecule has 29 heavy (non-hydrogen) atoms. The molecule has 1 aliphatic rings. The number of ether oxygens (including phenoxy) is 2. The zero-order valence-electron chi connectivity index (χ0n) is 15.5. The van der Waals surface area contributed by atoms with Gasteiger partial charge in [0.1, 0.15) is 11.5 Å². The van der Waals surface area contributed by atoms with Crippen LogP contribution in [0, 0.1) is 6.92 Å². The Kier molecular flexibility index (Phi) is 5.14. The lowest BCUT2D eigenvalue weighted by Crippen LogP contribution is -2.11. The second-order valence-electron chi connectivity index (χ2n) is 6.58. The number of hydrogen-bond donors (Lipinski definition) is 0. The molecule has 0 bridgehead atoms. The molecule has 5 nitrogen and oxygen atoms in total. The zero-order valence-corrected chi connectivity index (χ0v) is 16.3. The average molecular weight is 406 g/mol. The summed E-state index contributed by atoms with van der Waals surface area (Å²) in [7, 11) is 0. The summed E-state index contributed by atoms with van der Waals surface area (Å²) in [5.41, 5.74) is 2.55. The highest BCUT2D eigenvalue weighted by atomic mass is 35.5. The van der Waals surface area contributed by atoms with Crippen LogP contribution >= 0.6 is 11.6 Å². The van der Waals surface area contributed by atoms with Gasteiger partial charge in [-0.3, -0.25) is 14.6 Å². The van der Waals surface area contributed by atoms with Gasteiger partial charge in [0, 0.05) is 23.4 Å². The van der Waals surface area contributed by atoms with Gasteiger partial charge in [-0.2, -0.15) is 0 Å². The zero-order chi connectivity index (χ0) is 20.4. The van der Waals surface area contributed by atoms with Crippen LogP contribution < -0.4 is 9.47 Å².